The van der Waals surface area contributed by atoms with Crippen molar-refractivity contribution in [3.05, 3.63) is 17.6 Å². The van der Waals surface area contributed by atoms with E-state index in [4.69, 9.17) is 5.73 Å². The molecule has 4 saturated carbocycles. The van der Waals surface area contributed by atoms with E-state index in [9.17, 15) is 0 Å². The first kappa shape index (κ1) is 10.8. The molecule has 2 N–H and O–H groups in total. The van der Waals surface area contributed by atoms with Gasteiger partial charge >= 0.3 is 0 Å². The lowest BCUT2D eigenvalue weighted by Gasteiger charge is -2.57. The van der Waals surface area contributed by atoms with Crippen LogP contribution in [0.15, 0.2) is 6.33 Å². The van der Waals surface area contributed by atoms with Crippen molar-refractivity contribution < 1.29 is 0 Å². The average Bonchev–Trinajstić information content (AvgIpc) is 2.26. The van der Waals surface area contributed by atoms with Crippen LogP contribution in [0.1, 0.15) is 49.8 Å². The van der Waals surface area contributed by atoms with Crippen molar-refractivity contribution in [3.63, 3.8) is 0 Å². The summed E-state index contributed by atoms with van der Waals surface area (Å²) in [6, 6.07) is 0. The van der Waals surface area contributed by atoms with Crippen LogP contribution in [0.25, 0.3) is 0 Å². The van der Waals surface area contributed by atoms with E-state index >= 15 is 0 Å². The first-order valence-electron chi connectivity index (χ1n) is 7.24. The number of anilines is 1. The van der Waals surface area contributed by atoms with Gasteiger partial charge in [0.1, 0.15) is 12.1 Å². The Morgan fingerprint density at radius 3 is 2.11 bits per heavy atom. The number of nitrogen functional groups attached to an aromatic ring is 1. The van der Waals surface area contributed by atoms with Crippen molar-refractivity contribution in [1.82, 2.24) is 9.97 Å². The average molecular weight is 243 g/mol. The molecule has 0 amide bonds. The summed E-state index contributed by atoms with van der Waals surface area (Å²) in [5.74, 6) is 3.56. The Kier molecular flexibility index (Phi) is 2.07. The lowest BCUT2D eigenvalue weighted by molar-refractivity contribution is -0.00541. The van der Waals surface area contributed by atoms with Crippen LogP contribution in [0.4, 0.5) is 5.82 Å². The third-order valence-corrected chi connectivity index (χ3v) is 5.63. The van der Waals surface area contributed by atoms with E-state index in [1.54, 1.807) is 6.33 Å². The van der Waals surface area contributed by atoms with E-state index in [2.05, 4.69) is 16.9 Å². The molecule has 18 heavy (non-hydrogen) atoms. The fourth-order valence-corrected chi connectivity index (χ4v) is 5.56. The molecule has 3 heteroatoms. The lowest BCUT2D eigenvalue weighted by Crippen LogP contribution is -2.49. The van der Waals surface area contributed by atoms with Crippen molar-refractivity contribution in [2.24, 2.45) is 17.8 Å². The normalized spacial score (nSPS) is 41.3. The zero-order valence-corrected chi connectivity index (χ0v) is 11.0. The largest absolute Gasteiger partial charge is 0.383 e. The van der Waals surface area contributed by atoms with Crippen molar-refractivity contribution in [2.75, 3.05) is 5.73 Å². The predicted octanol–water partition coefficient (Wildman–Crippen LogP) is 2.84. The summed E-state index contributed by atoms with van der Waals surface area (Å²) in [5.41, 5.74) is 8.93. The second-order valence-corrected chi connectivity index (χ2v) is 6.92. The standard InChI is InChI=1S/C15H21N3/c1-9-13(14(16)18-8-17-9)15-5-10-2-11(6-15)4-12(3-10)7-15/h8,10-12H,2-7H2,1H3,(H2,16,17,18). The molecule has 0 spiro atoms. The Morgan fingerprint density at radius 1 is 1.06 bits per heavy atom. The molecule has 0 unspecified atom stereocenters. The zero-order chi connectivity index (χ0) is 12.3. The molecule has 4 aliphatic rings. The topological polar surface area (TPSA) is 51.8 Å². The Bertz CT molecular complexity index is 439. The molecule has 4 aliphatic carbocycles. The van der Waals surface area contributed by atoms with Gasteiger partial charge in [0.25, 0.3) is 0 Å². The highest BCUT2D eigenvalue weighted by Crippen LogP contribution is 2.61. The molecule has 5 rings (SSSR count). The van der Waals surface area contributed by atoms with Gasteiger partial charge in [-0.3, -0.25) is 0 Å². The minimum atomic E-state index is 0.324. The molecule has 1 aromatic rings. The molecular formula is C15H21N3. The number of hydrogen-bond donors (Lipinski definition) is 1. The van der Waals surface area contributed by atoms with Crippen molar-refractivity contribution in [1.29, 1.82) is 0 Å². The Hall–Kier alpha value is -1.12. The van der Waals surface area contributed by atoms with Crippen LogP contribution < -0.4 is 5.73 Å². The maximum absolute atomic E-state index is 6.19. The summed E-state index contributed by atoms with van der Waals surface area (Å²) in [6.07, 6.45) is 9.99. The second-order valence-electron chi connectivity index (χ2n) is 6.92. The van der Waals surface area contributed by atoms with Gasteiger partial charge in [0, 0.05) is 16.7 Å². The molecular weight excluding hydrogens is 222 g/mol. The van der Waals surface area contributed by atoms with E-state index in [0.717, 1.165) is 29.3 Å². The van der Waals surface area contributed by atoms with Crippen molar-refractivity contribution >= 4 is 5.82 Å². The Balaban J connectivity index is 1.84. The van der Waals surface area contributed by atoms with Crippen LogP contribution in [0, 0.1) is 24.7 Å². The molecule has 0 radical (unpaired) electrons. The van der Waals surface area contributed by atoms with Crippen LogP contribution in [0.5, 0.6) is 0 Å². The number of aromatic nitrogens is 2. The van der Waals surface area contributed by atoms with Crippen LogP contribution in [0.2, 0.25) is 0 Å². The van der Waals surface area contributed by atoms with Gasteiger partial charge in [0.05, 0.1) is 0 Å². The van der Waals surface area contributed by atoms with Gasteiger partial charge in [-0.15, -0.1) is 0 Å². The van der Waals surface area contributed by atoms with Crippen LogP contribution >= 0.6 is 0 Å². The number of hydrogen-bond acceptors (Lipinski definition) is 3. The molecule has 1 aromatic heterocycles. The van der Waals surface area contributed by atoms with Gasteiger partial charge < -0.3 is 5.73 Å². The SMILES string of the molecule is Cc1ncnc(N)c1C12CC3CC(CC(C3)C1)C2. The summed E-state index contributed by atoms with van der Waals surface area (Å²) in [4.78, 5) is 8.67. The highest BCUT2D eigenvalue weighted by molar-refractivity contribution is 5.48. The second kappa shape index (κ2) is 3.46. The van der Waals surface area contributed by atoms with E-state index < -0.39 is 0 Å². The summed E-state index contributed by atoms with van der Waals surface area (Å²) in [7, 11) is 0. The van der Waals surface area contributed by atoms with Crippen LogP contribution in [-0.4, -0.2) is 9.97 Å². The first-order chi connectivity index (χ1) is 8.66. The third-order valence-electron chi connectivity index (χ3n) is 5.63. The van der Waals surface area contributed by atoms with Crippen LogP contribution in [0.3, 0.4) is 0 Å². The molecule has 96 valence electrons. The third kappa shape index (κ3) is 1.36. The van der Waals surface area contributed by atoms with Gasteiger partial charge in [-0.2, -0.15) is 0 Å². The maximum Gasteiger partial charge on any atom is 0.130 e. The van der Waals surface area contributed by atoms with Gasteiger partial charge in [0.2, 0.25) is 0 Å². The monoisotopic (exact) mass is 243 g/mol. The van der Waals surface area contributed by atoms with E-state index in [-0.39, 0.29) is 0 Å². The van der Waals surface area contributed by atoms with Gasteiger partial charge in [-0.05, 0) is 63.2 Å². The molecule has 0 atom stereocenters. The summed E-state index contributed by atoms with van der Waals surface area (Å²) < 4.78 is 0. The lowest BCUT2D eigenvalue weighted by atomic mass is 9.48. The predicted molar refractivity (Wildman–Crippen MR) is 71.0 cm³/mol. The fraction of sp³-hybridized carbons (Fsp3) is 0.733. The molecule has 0 saturated heterocycles. The highest BCUT2D eigenvalue weighted by atomic mass is 14.9. The molecule has 0 aliphatic heterocycles. The number of aryl methyl sites for hydroxylation is 1. The minimum absolute atomic E-state index is 0.324. The summed E-state index contributed by atoms with van der Waals surface area (Å²) in [6.45, 7) is 2.10. The number of rotatable bonds is 1. The first-order valence-corrected chi connectivity index (χ1v) is 7.24. The van der Waals surface area contributed by atoms with Gasteiger partial charge in [-0.1, -0.05) is 0 Å². The molecule has 0 aromatic carbocycles. The van der Waals surface area contributed by atoms with Gasteiger partial charge in [-0.25, -0.2) is 9.97 Å². The fourth-order valence-electron chi connectivity index (χ4n) is 5.56. The Morgan fingerprint density at radius 2 is 1.61 bits per heavy atom. The van der Waals surface area contributed by atoms with Crippen LogP contribution in [-0.2, 0) is 5.41 Å². The number of nitrogens with zero attached hydrogens (tertiary/aromatic N) is 2. The van der Waals surface area contributed by atoms with E-state index in [1.807, 2.05) is 0 Å². The van der Waals surface area contributed by atoms with Crippen molar-refractivity contribution in [2.45, 2.75) is 50.9 Å². The summed E-state index contributed by atoms with van der Waals surface area (Å²) in [5, 5.41) is 0. The molecule has 3 nitrogen and oxygen atoms in total. The molecule has 1 heterocycles. The van der Waals surface area contributed by atoms with Crippen molar-refractivity contribution in [3.8, 4) is 0 Å². The Labute approximate surface area is 108 Å². The molecule has 4 bridgehead atoms. The zero-order valence-electron chi connectivity index (χ0n) is 11.0. The number of nitrogens with two attached hydrogens (primary N) is 1. The molecule has 4 fully saturated rings. The maximum atomic E-state index is 6.19. The van der Waals surface area contributed by atoms with E-state index in [0.29, 0.717) is 5.41 Å². The van der Waals surface area contributed by atoms with E-state index in [1.165, 1.54) is 44.1 Å². The minimum Gasteiger partial charge on any atom is -0.383 e. The smallest absolute Gasteiger partial charge is 0.130 e. The summed E-state index contributed by atoms with van der Waals surface area (Å²) >= 11 is 0. The van der Waals surface area contributed by atoms with Gasteiger partial charge in [0.15, 0.2) is 0 Å². The quantitative estimate of drug-likeness (QED) is 0.825. The highest BCUT2D eigenvalue weighted by Gasteiger charge is 2.52.